The molecular weight excluding hydrogens is 544 g/mol. The molecule has 2 aliphatic rings. The van der Waals surface area contributed by atoms with Crippen molar-refractivity contribution in [2.45, 2.75) is 30.5 Å². The zero-order valence-corrected chi connectivity index (χ0v) is 22.8. The van der Waals surface area contributed by atoms with Crippen molar-refractivity contribution in [2.75, 3.05) is 42.2 Å². The van der Waals surface area contributed by atoms with Crippen LogP contribution in [0.1, 0.15) is 29.2 Å². The van der Waals surface area contributed by atoms with Crippen LogP contribution < -0.4 is 9.80 Å². The van der Waals surface area contributed by atoms with E-state index in [1.807, 2.05) is 30.0 Å². The third-order valence-electron chi connectivity index (χ3n) is 7.18. The second kappa shape index (κ2) is 11.0. The molecule has 2 heterocycles. The van der Waals surface area contributed by atoms with Gasteiger partial charge in [-0.1, -0.05) is 24.3 Å². The number of anilines is 2. The van der Waals surface area contributed by atoms with Crippen molar-refractivity contribution in [3.05, 3.63) is 83.2 Å². The summed E-state index contributed by atoms with van der Waals surface area (Å²) in [5.74, 6) is -1.53. The van der Waals surface area contributed by atoms with Gasteiger partial charge in [-0.05, 0) is 55.1 Å². The largest absolute Gasteiger partial charge is 0.481 e. The summed E-state index contributed by atoms with van der Waals surface area (Å²) in [6.07, 6.45) is -3.32. The molecule has 6 nitrogen and oxygen atoms in total. The zero-order chi connectivity index (χ0) is 28.6. The lowest BCUT2D eigenvalue weighted by atomic mass is 9.97. The molecule has 0 amide bonds. The molecule has 0 spiro atoms. The predicted octanol–water partition coefficient (Wildman–Crippen LogP) is 6.72. The molecule has 1 fully saturated rings. The standard InChI is InChI=1S/C29H28F4N4O2S/c1-18-5-3-6-20(15-18)35-11-13-36(14-12-35)28-34-27-21(7-4-8-22(27)30)23(17-26(38)39)37(28)24-16-19(29(31,32)33)9-10-25(24)40-2/h3-10,15-16,23H,11-14,17H2,1-2H3,(H,38,39). The van der Waals surface area contributed by atoms with E-state index in [1.54, 1.807) is 17.2 Å². The van der Waals surface area contributed by atoms with Gasteiger partial charge in [0.15, 0.2) is 0 Å². The minimum absolute atomic E-state index is 0.0128. The number of aliphatic carboxylic acids is 1. The number of guanidine groups is 1. The number of para-hydroxylation sites is 1. The Morgan fingerprint density at radius 2 is 1.73 bits per heavy atom. The number of carboxylic acid groups (broad SMARTS) is 1. The second-order valence-electron chi connectivity index (χ2n) is 9.77. The molecule has 0 bridgehead atoms. The van der Waals surface area contributed by atoms with E-state index in [-0.39, 0.29) is 17.3 Å². The normalized spacial score (nSPS) is 17.5. The van der Waals surface area contributed by atoms with Crippen LogP contribution in [-0.4, -0.2) is 54.4 Å². The highest BCUT2D eigenvalue weighted by Crippen LogP contribution is 2.45. The quantitative estimate of drug-likeness (QED) is 0.271. The summed E-state index contributed by atoms with van der Waals surface area (Å²) < 4.78 is 56.6. The SMILES string of the molecule is CSc1ccc(C(F)(F)F)cc1N1C(N2CCN(c3cccc(C)c3)CC2)=Nc2c(F)cccc2C1CC(=O)O. The van der Waals surface area contributed by atoms with Crippen molar-refractivity contribution in [1.29, 1.82) is 0 Å². The Bertz CT molecular complexity index is 1450. The molecule has 3 aromatic rings. The highest BCUT2D eigenvalue weighted by atomic mass is 32.2. The van der Waals surface area contributed by atoms with E-state index >= 15 is 4.39 Å². The number of aliphatic imine (C=N–C) groups is 1. The predicted molar refractivity (Wildman–Crippen MR) is 149 cm³/mol. The average molecular weight is 573 g/mol. The highest BCUT2D eigenvalue weighted by molar-refractivity contribution is 7.98. The maximum absolute atomic E-state index is 15.1. The molecule has 1 saturated heterocycles. The van der Waals surface area contributed by atoms with Gasteiger partial charge in [0.25, 0.3) is 0 Å². The summed E-state index contributed by atoms with van der Waals surface area (Å²) in [5.41, 5.74) is 1.84. The zero-order valence-electron chi connectivity index (χ0n) is 22.0. The van der Waals surface area contributed by atoms with E-state index in [0.717, 1.165) is 23.4 Å². The number of thioether (sulfide) groups is 1. The van der Waals surface area contributed by atoms with Crippen LogP contribution in [0, 0.1) is 12.7 Å². The van der Waals surface area contributed by atoms with Gasteiger partial charge in [-0.25, -0.2) is 9.38 Å². The van der Waals surface area contributed by atoms with Gasteiger partial charge in [-0.2, -0.15) is 13.2 Å². The van der Waals surface area contributed by atoms with Crippen LogP contribution in [0.3, 0.4) is 0 Å². The number of rotatable bonds is 5. The molecule has 1 atom stereocenters. The summed E-state index contributed by atoms with van der Waals surface area (Å²) in [4.78, 5) is 22.9. The molecule has 210 valence electrons. The van der Waals surface area contributed by atoms with E-state index in [1.165, 1.54) is 30.0 Å². The molecule has 0 radical (unpaired) electrons. The minimum Gasteiger partial charge on any atom is -0.481 e. The van der Waals surface area contributed by atoms with Crippen molar-refractivity contribution in [3.63, 3.8) is 0 Å². The Labute approximate surface area is 233 Å². The van der Waals surface area contributed by atoms with E-state index in [9.17, 15) is 23.1 Å². The molecule has 0 saturated carbocycles. The van der Waals surface area contributed by atoms with E-state index in [4.69, 9.17) is 0 Å². The number of halogens is 4. The maximum Gasteiger partial charge on any atom is 0.416 e. The lowest BCUT2D eigenvalue weighted by Gasteiger charge is -2.45. The van der Waals surface area contributed by atoms with Gasteiger partial charge < -0.3 is 19.8 Å². The number of fused-ring (bicyclic) bond motifs is 1. The van der Waals surface area contributed by atoms with Crippen LogP contribution in [0.2, 0.25) is 0 Å². The van der Waals surface area contributed by atoms with Crippen molar-refractivity contribution < 1.29 is 27.5 Å². The number of aryl methyl sites for hydroxylation is 1. The molecule has 0 aromatic heterocycles. The van der Waals surface area contributed by atoms with Crippen molar-refractivity contribution in [3.8, 4) is 0 Å². The van der Waals surface area contributed by atoms with Gasteiger partial charge in [0, 0.05) is 42.3 Å². The summed E-state index contributed by atoms with van der Waals surface area (Å²) >= 11 is 1.25. The first kappa shape index (κ1) is 27.8. The number of hydrogen-bond donors (Lipinski definition) is 1. The second-order valence-corrected chi connectivity index (χ2v) is 10.6. The van der Waals surface area contributed by atoms with Crippen LogP contribution in [-0.2, 0) is 11.0 Å². The Morgan fingerprint density at radius 1 is 1.02 bits per heavy atom. The fourth-order valence-electron chi connectivity index (χ4n) is 5.26. The molecule has 11 heteroatoms. The maximum atomic E-state index is 15.1. The smallest absolute Gasteiger partial charge is 0.416 e. The van der Waals surface area contributed by atoms with Crippen molar-refractivity contribution in [2.24, 2.45) is 4.99 Å². The van der Waals surface area contributed by atoms with Crippen LogP contribution in [0.15, 0.2) is 70.6 Å². The van der Waals surface area contributed by atoms with Gasteiger partial charge in [0.05, 0.1) is 23.7 Å². The van der Waals surface area contributed by atoms with Gasteiger partial charge in [-0.3, -0.25) is 4.79 Å². The number of benzene rings is 3. The van der Waals surface area contributed by atoms with Crippen molar-refractivity contribution >= 4 is 40.8 Å². The van der Waals surface area contributed by atoms with Gasteiger partial charge >= 0.3 is 12.1 Å². The topological polar surface area (TPSA) is 59.4 Å². The molecule has 1 N–H and O–H groups in total. The summed E-state index contributed by atoms with van der Waals surface area (Å²) in [6.45, 7) is 4.13. The molecule has 5 rings (SSSR count). The number of hydrogen-bond acceptors (Lipinski definition) is 6. The third-order valence-corrected chi connectivity index (χ3v) is 7.96. The molecule has 0 aliphatic carbocycles. The lowest BCUT2D eigenvalue weighted by Crippen LogP contribution is -2.55. The first-order valence-corrected chi connectivity index (χ1v) is 14.0. The first-order valence-electron chi connectivity index (χ1n) is 12.8. The van der Waals surface area contributed by atoms with Crippen LogP contribution in [0.4, 0.5) is 34.6 Å². The number of carboxylic acids is 1. The highest BCUT2D eigenvalue weighted by Gasteiger charge is 2.40. The lowest BCUT2D eigenvalue weighted by molar-refractivity contribution is -0.138. The fourth-order valence-corrected chi connectivity index (χ4v) is 5.83. The Morgan fingerprint density at radius 3 is 2.38 bits per heavy atom. The van der Waals surface area contributed by atoms with Gasteiger partial charge in [0.1, 0.15) is 11.5 Å². The fraction of sp³-hybridized carbons (Fsp3) is 0.310. The first-order chi connectivity index (χ1) is 19.1. The summed E-state index contributed by atoms with van der Waals surface area (Å²) in [5, 5.41) is 9.85. The monoisotopic (exact) mass is 572 g/mol. The third kappa shape index (κ3) is 5.47. The average Bonchev–Trinajstić information content (AvgIpc) is 2.92. The number of piperazine rings is 1. The molecular formula is C29H28F4N4O2S. The number of carbonyl (C=O) groups is 1. The molecule has 3 aromatic carbocycles. The van der Waals surface area contributed by atoms with Crippen molar-refractivity contribution in [1.82, 2.24) is 4.90 Å². The molecule has 40 heavy (non-hydrogen) atoms. The Kier molecular flexibility index (Phi) is 7.67. The van der Waals surface area contributed by atoms with E-state index in [2.05, 4.69) is 16.0 Å². The van der Waals surface area contributed by atoms with Crippen LogP contribution in [0.5, 0.6) is 0 Å². The van der Waals surface area contributed by atoms with Crippen LogP contribution in [0.25, 0.3) is 0 Å². The van der Waals surface area contributed by atoms with E-state index < -0.39 is 36.0 Å². The Balaban J connectivity index is 1.62. The van der Waals surface area contributed by atoms with E-state index in [0.29, 0.717) is 36.6 Å². The van der Waals surface area contributed by atoms with Gasteiger partial charge in [-0.15, -0.1) is 11.8 Å². The summed E-state index contributed by atoms with van der Waals surface area (Å²) in [7, 11) is 0. The molecule has 1 unspecified atom stereocenters. The number of alkyl halides is 3. The number of nitrogens with zero attached hydrogens (tertiary/aromatic N) is 4. The minimum atomic E-state index is -4.61. The van der Waals surface area contributed by atoms with Gasteiger partial charge in [0.2, 0.25) is 5.96 Å². The van der Waals surface area contributed by atoms with Crippen LogP contribution >= 0.6 is 11.8 Å². The molecule has 2 aliphatic heterocycles. The summed E-state index contributed by atoms with van der Waals surface area (Å²) in [6, 6.07) is 14.9. The Hall–Kier alpha value is -3.73.